The van der Waals surface area contributed by atoms with Gasteiger partial charge in [-0.05, 0) is 46.3 Å². The van der Waals surface area contributed by atoms with E-state index in [1.54, 1.807) is 24.3 Å². The molecular formula is C16H15BrFNO3S. The summed E-state index contributed by atoms with van der Waals surface area (Å²) in [5.41, 5.74) is 0.448. The lowest BCUT2D eigenvalue weighted by atomic mass is 10.3. The number of anilines is 1. The molecule has 0 aliphatic rings. The largest absolute Gasteiger partial charge is 0.494 e. The van der Waals surface area contributed by atoms with Gasteiger partial charge in [0.15, 0.2) is 11.6 Å². The summed E-state index contributed by atoms with van der Waals surface area (Å²) in [4.78, 5) is -0.159. The first-order valence-corrected chi connectivity index (χ1v) is 8.87. The number of rotatable bonds is 6. The Morgan fingerprint density at radius 2 is 2.00 bits per heavy atom. The zero-order valence-electron chi connectivity index (χ0n) is 12.4. The standard InChI is InChI=1S/C16H15BrFNO3S/c1-3-10-19(15-7-5-4-6-13(15)17)23(20,21)12-8-9-16(22-2)14(18)11-12/h3-9,11H,1,10H2,2H3. The molecule has 0 bridgehead atoms. The van der Waals surface area contributed by atoms with E-state index in [1.807, 2.05) is 0 Å². The second-order valence-corrected chi connectivity index (χ2v) is 7.29. The van der Waals surface area contributed by atoms with Crippen molar-refractivity contribution in [1.82, 2.24) is 0 Å². The van der Waals surface area contributed by atoms with E-state index in [9.17, 15) is 12.8 Å². The molecule has 0 fully saturated rings. The SMILES string of the molecule is C=CCN(c1ccccc1Br)S(=O)(=O)c1ccc(OC)c(F)c1. The Hall–Kier alpha value is -1.86. The van der Waals surface area contributed by atoms with Crippen LogP contribution in [0.5, 0.6) is 5.75 Å². The quantitative estimate of drug-likeness (QED) is 0.690. The highest BCUT2D eigenvalue weighted by molar-refractivity contribution is 9.10. The van der Waals surface area contributed by atoms with Gasteiger partial charge in [0, 0.05) is 4.47 Å². The van der Waals surface area contributed by atoms with Gasteiger partial charge < -0.3 is 4.74 Å². The van der Waals surface area contributed by atoms with Crippen molar-refractivity contribution in [2.75, 3.05) is 18.0 Å². The zero-order valence-corrected chi connectivity index (χ0v) is 14.8. The van der Waals surface area contributed by atoms with E-state index in [2.05, 4.69) is 22.5 Å². The number of hydrogen-bond donors (Lipinski definition) is 0. The predicted octanol–water partition coefficient (Wildman–Crippen LogP) is 3.98. The number of nitrogens with zero attached hydrogens (tertiary/aromatic N) is 1. The number of benzene rings is 2. The highest BCUT2D eigenvalue weighted by Gasteiger charge is 2.26. The Labute approximate surface area is 143 Å². The highest BCUT2D eigenvalue weighted by atomic mass is 79.9. The molecule has 2 aromatic rings. The molecule has 7 heteroatoms. The molecule has 122 valence electrons. The third kappa shape index (κ3) is 3.56. The number of sulfonamides is 1. The van der Waals surface area contributed by atoms with Crippen LogP contribution in [0, 0.1) is 5.82 Å². The van der Waals surface area contributed by atoms with Gasteiger partial charge in [0.25, 0.3) is 10.0 Å². The van der Waals surface area contributed by atoms with Gasteiger partial charge in [-0.25, -0.2) is 12.8 Å². The minimum Gasteiger partial charge on any atom is -0.494 e. The van der Waals surface area contributed by atoms with Gasteiger partial charge in [0.1, 0.15) is 0 Å². The van der Waals surface area contributed by atoms with Gasteiger partial charge in [0.2, 0.25) is 0 Å². The van der Waals surface area contributed by atoms with E-state index >= 15 is 0 Å². The van der Waals surface area contributed by atoms with Crippen molar-refractivity contribution >= 4 is 31.6 Å². The maximum atomic E-state index is 13.9. The van der Waals surface area contributed by atoms with Crippen LogP contribution in [-0.2, 0) is 10.0 Å². The molecule has 0 radical (unpaired) electrons. The van der Waals surface area contributed by atoms with Crippen molar-refractivity contribution in [2.24, 2.45) is 0 Å². The van der Waals surface area contributed by atoms with E-state index in [0.717, 1.165) is 10.4 Å². The third-order valence-electron chi connectivity index (χ3n) is 3.13. The monoisotopic (exact) mass is 399 g/mol. The van der Waals surface area contributed by atoms with Crippen molar-refractivity contribution in [1.29, 1.82) is 0 Å². The lowest BCUT2D eigenvalue weighted by Crippen LogP contribution is -2.31. The van der Waals surface area contributed by atoms with Crippen LogP contribution in [-0.4, -0.2) is 22.1 Å². The van der Waals surface area contributed by atoms with Crippen molar-refractivity contribution in [3.8, 4) is 5.75 Å². The minimum absolute atomic E-state index is 0.0138. The average molecular weight is 400 g/mol. The second kappa shape index (κ2) is 7.14. The lowest BCUT2D eigenvalue weighted by Gasteiger charge is -2.24. The fourth-order valence-electron chi connectivity index (χ4n) is 2.03. The number of halogens is 2. The molecule has 0 atom stereocenters. The van der Waals surface area contributed by atoms with Crippen molar-refractivity contribution in [2.45, 2.75) is 4.90 Å². The molecule has 0 amide bonds. The maximum Gasteiger partial charge on any atom is 0.264 e. The summed E-state index contributed by atoms with van der Waals surface area (Å²) >= 11 is 3.33. The van der Waals surface area contributed by atoms with E-state index < -0.39 is 15.8 Å². The maximum absolute atomic E-state index is 13.9. The number of hydrogen-bond acceptors (Lipinski definition) is 3. The molecule has 23 heavy (non-hydrogen) atoms. The lowest BCUT2D eigenvalue weighted by molar-refractivity contribution is 0.385. The van der Waals surface area contributed by atoms with Crippen molar-refractivity contribution < 1.29 is 17.5 Å². The molecule has 0 aliphatic carbocycles. The summed E-state index contributed by atoms with van der Waals surface area (Å²) in [6.45, 7) is 3.65. The van der Waals surface area contributed by atoms with Crippen molar-refractivity contribution in [3.63, 3.8) is 0 Å². The Balaban J connectivity index is 2.56. The first-order chi connectivity index (χ1) is 10.9. The molecule has 2 rings (SSSR count). The molecule has 0 saturated carbocycles. The van der Waals surface area contributed by atoms with Crippen LogP contribution in [0.1, 0.15) is 0 Å². The van der Waals surface area contributed by atoms with Crippen LogP contribution in [0.4, 0.5) is 10.1 Å². The van der Waals surface area contributed by atoms with E-state index in [1.165, 1.54) is 25.3 Å². The Kier molecular flexibility index (Phi) is 5.43. The summed E-state index contributed by atoms with van der Waals surface area (Å²) in [6.07, 6.45) is 1.47. The smallest absolute Gasteiger partial charge is 0.264 e. The van der Waals surface area contributed by atoms with Gasteiger partial charge >= 0.3 is 0 Å². The Morgan fingerprint density at radius 1 is 1.30 bits per heavy atom. The van der Waals surface area contributed by atoms with Crippen LogP contribution in [0.3, 0.4) is 0 Å². The van der Waals surface area contributed by atoms with E-state index in [-0.39, 0.29) is 17.2 Å². The van der Waals surface area contributed by atoms with E-state index in [0.29, 0.717) is 10.2 Å². The number of ether oxygens (including phenoxy) is 1. The highest BCUT2D eigenvalue weighted by Crippen LogP contribution is 2.31. The molecule has 0 aliphatic heterocycles. The van der Waals surface area contributed by atoms with Gasteiger partial charge in [-0.1, -0.05) is 18.2 Å². The first kappa shape index (κ1) is 17.5. The number of methoxy groups -OCH3 is 1. The van der Waals surface area contributed by atoms with Crippen LogP contribution in [0.2, 0.25) is 0 Å². The molecule has 2 aromatic carbocycles. The third-order valence-corrected chi connectivity index (χ3v) is 5.57. The summed E-state index contributed by atoms with van der Waals surface area (Å²) in [6, 6.07) is 10.4. The molecule has 0 unspecified atom stereocenters. The minimum atomic E-state index is -3.95. The zero-order chi connectivity index (χ0) is 17.0. The van der Waals surface area contributed by atoms with Crippen LogP contribution in [0.25, 0.3) is 0 Å². The average Bonchev–Trinajstić information content (AvgIpc) is 2.53. The second-order valence-electron chi connectivity index (χ2n) is 4.57. The van der Waals surface area contributed by atoms with E-state index in [4.69, 9.17) is 4.74 Å². The van der Waals surface area contributed by atoms with Crippen LogP contribution < -0.4 is 9.04 Å². The summed E-state index contributed by atoms with van der Waals surface area (Å²) in [5, 5.41) is 0. The molecular weight excluding hydrogens is 385 g/mol. The Morgan fingerprint density at radius 3 is 2.57 bits per heavy atom. The summed E-state index contributed by atoms with van der Waals surface area (Å²) in [7, 11) is -2.63. The van der Waals surface area contributed by atoms with Crippen LogP contribution >= 0.6 is 15.9 Å². The summed E-state index contributed by atoms with van der Waals surface area (Å²) < 4.78 is 46.2. The summed E-state index contributed by atoms with van der Waals surface area (Å²) in [5.74, 6) is -0.751. The first-order valence-electron chi connectivity index (χ1n) is 6.63. The molecule has 4 nitrogen and oxygen atoms in total. The fraction of sp³-hybridized carbons (Fsp3) is 0.125. The predicted molar refractivity (Wildman–Crippen MR) is 91.8 cm³/mol. The van der Waals surface area contributed by atoms with Crippen molar-refractivity contribution in [3.05, 3.63) is 65.4 Å². The molecule has 0 heterocycles. The number of para-hydroxylation sites is 1. The molecule has 0 saturated heterocycles. The fourth-order valence-corrected chi connectivity index (χ4v) is 4.11. The molecule has 0 N–H and O–H groups in total. The van der Waals surface area contributed by atoms with Gasteiger partial charge in [-0.2, -0.15) is 0 Å². The Bertz CT molecular complexity index is 824. The van der Waals surface area contributed by atoms with Gasteiger partial charge in [-0.3, -0.25) is 4.31 Å². The molecule has 0 spiro atoms. The van der Waals surface area contributed by atoms with Crippen LogP contribution in [0.15, 0.2) is 64.5 Å². The van der Waals surface area contributed by atoms with Gasteiger partial charge in [-0.15, -0.1) is 6.58 Å². The van der Waals surface area contributed by atoms with Gasteiger partial charge in [0.05, 0.1) is 24.2 Å². The normalized spacial score (nSPS) is 11.1. The topological polar surface area (TPSA) is 46.6 Å². The molecule has 0 aromatic heterocycles.